The molecule has 4 nitrogen and oxygen atoms in total. The Balaban J connectivity index is 2.71. The predicted octanol–water partition coefficient (Wildman–Crippen LogP) is 2.59. The fourth-order valence-corrected chi connectivity index (χ4v) is 1.90. The van der Waals surface area contributed by atoms with Gasteiger partial charge in [-0.2, -0.15) is 0 Å². The Morgan fingerprint density at radius 1 is 1.65 bits per heavy atom. The highest BCUT2D eigenvalue weighted by atomic mass is 35.5. The second-order valence-corrected chi connectivity index (χ2v) is 4.66. The molecule has 17 heavy (non-hydrogen) atoms. The number of rotatable bonds is 5. The van der Waals surface area contributed by atoms with E-state index in [9.17, 15) is 4.79 Å². The third kappa shape index (κ3) is 4.16. The largest absolute Gasteiger partial charge is 0.466 e. The van der Waals surface area contributed by atoms with Crippen LogP contribution in [0.5, 0.6) is 0 Å². The van der Waals surface area contributed by atoms with Gasteiger partial charge in [0.05, 0.1) is 12.5 Å². The summed E-state index contributed by atoms with van der Waals surface area (Å²) in [6.07, 6.45) is 4.04. The van der Waals surface area contributed by atoms with Crippen molar-refractivity contribution in [3.63, 3.8) is 0 Å². The summed E-state index contributed by atoms with van der Waals surface area (Å²) in [5.74, 6) is -0.464. The van der Waals surface area contributed by atoms with Crippen LogP contribution in [0, 0.1) is 5.92 Å². The van der Waals surface area contributed by atoms with Crippen molar-refractivity contribution in [2.75, 3.05) is 12.9 Å². The Hall–Kier alpha value is -0.810. The molecule has 0 saturated heterocycles. The molecule has 0 aliphatic rings. The molecule has 94 valence electrons. The molecule has 1 aromatic rings. The Morgan fingerprint density at radius 2 is 2.35 bits per heavy atom. The molecule has 1 aromatic heterocycles. The number of hydrogen-bond acceptors (Lipinski definition) is 5. The average Bonchev–Trinajstić information content (AvgIpc) is 2.31. The van der Waals surface area contributed by atoms with E-state index >= 15 is 0 Å². The van der Waals surface area contributed by atoms with Gasteiger partial charge in [0.15, 0.2) is 5.16 Å². The lowest BCUT2D eigenvalue weighted by molar-refractivity contribution is -0.147. The van der Waals surface area contributed by atoms with Crippen molar-refractivity contribution in [2.24, 2.45) is 5.92 Å². The first-order valence-corrected chi connectivity index (χ1v) is 6.90. The van der Waals surface area contributed by atoms with Crippen LogP contribution in [-0.2, 0) is 16.0 Å². The zero-order valence-corrected chi connectivity index (χ0v) is 11.6. The molecule has 0 N–H and O–H groups in total. The summed E-state index contributed by atoms with van der Waals surface area (Å²) in [5.41, 5.74) is 0.769. The molecule has 0 aliphatic carbocycles. The second-order valence-electron chi connectivity index (χ2n) is 3.53. The van der Waals surface area contributed by atoms with Crippen LogP contribution in [0.2, 0.25) is 5.15 Å². The number of carbonyl (C=O) groups is 1. The van der Waals surface area contributed by atoms with Crippen molar-refractivity contribution in [2.45, 2.75) is 25.4 Å². The van der Waals surface area contributed by atoms with E-state index in [-0.39, 0.29) is 11.9 Å². The molecular formula is C11H15ClN2O2S. The predicted molar refractivity (Wildman–Crippen MR) is 68.3 cm³/mol. The van der Waals surface area contributed by atoms with Crippen molar-refractivity contribution in [1.29, 1.82) is 0 Å². The van der Waals surface area contributed by atoms with E-state index in [2.05, 4.69) is 9.97 Å². The molecule has 0 bridgehead atoms. The molecule has 0 spiro atoms. The fourth-order valence-electron chi connectivity index (χ4n) is 1.30. The monoisotopic (exact) mass is 274 g/mol. The van der Waals surface area contributed by atoms with Gasteiger partial charge in [0.25, 0.3) is 0 Å². The van der Waals surface area contributed by atoms with E-state index in [0.717, 1.165) is 5.56 Å². The van der Waals surface area contributed by atoms with E-state index in [0.29, 0.717) is 23.3 Å². The van der Waals surface area contributed by atoms with E-state index in [1.54, 1.807) is 20.0 Å². The SMILES string of the molecule is CCOC(=O)C(C)Cc1cnc(SC)nc1Cl. The summed E-state index contributed by atoms with van der Waals surface area (Å²) in [6, 6.07) is 0. The summed E-state index contributed by atoms with van der Waals surface area (Å²) in [7, 11) is 0. The van der Waals surface area contributed by atoms with Crippen molar-refractivity contribution in [1.82, 2.24) is 9.97 Å². The van der Waals surface area contributed by atoms with Crippen LogP contribution in [0.25, 0.3) is 0 Å². The maximum absolute atomic E-state index is 11.5. The molecule has 0 saturated carbocycles. The van der Waals surface area contributed by atoms with Crippen LogP contribution < -0.4 is 0 Å². The third-order valence-electron chi connectivity index (χ3n) is 2.19. The van der Waals surface area contributed by atoms with Gasteiger partial charge >= 0.3 is 5.97 Å². The van der Waals surface area contributed by atoms with Gasteiger partial charge in [0.1, 0.15) is 5.15 Å². The first kappa shape index (κ1) is 14.3. The third-order valence-corrected chi connectivity index (χ3v) is 3.08. The first-order valence-electron chi connectivity index (χ1n) is 5.30. The highest BCUT2D eigenvalue weighted by Gasteiger charge is 2.17. The molecule has 0 fully saturated rings. The smallest absolute Gasteiger partial charge is 0.308 e. The zero-order valence-electron chi connectivity index (χ0n) is 10.1. The molecule has 0 amide bonds. The number of carbonyl (C=O) groups excluding carboxylic acids is 1. The second kappa shape index (κ2) is 6.81. The minimum atomic E-state index is -0.240. The zero-order chi connectivity index (χ0) is 12.8. The van der Waals surface area contributed by atoms with Crippen LogP contribution in [-0.4, -0.2) is 28.8 Å². The molecule has 1 unspecified atom stereocenters. The number of ether oxygens (including phenoxy) is 1. The van der Waals surface area contributed by atoms with E-state index in [4.69, 9.17) is 16.3 Å². The maximum Gasteiger partial charge on any atom is 0.308 e. The van der Waals surface area contributed by atoms with Crippen molar-refractivity contribution in [3.05, 3.63) is 16.9 Å². The lowest BCUT2D eigenvalue weighted by Crippen LogP contribution is -2.17. The van der Waals surface area contributed by atoms with Gasteiger partial charge in [-0.3, -0.25) is 4.79 Å². The molecule has 0 radical (unpaired) electrons. The van der Waals surface area contributed by atoms with Crippen LogP contribution in [0.4, 0.5) is 0 Å². The minimum absolute atomic E-state index is 0.225. The van der Waals surface area contributed by atoms with Gasteiger partial charge in [0.2, 0.25) is 0 Å². The Labute approximate surface area is 110 Å². The number of halogens is 1. The lowest BCUT2D eigenvalue weighted by Gasteiger charge is -2.11. The van der Waals surface area contributed by atoms with Crippen molar-refractivity contribution in [3.8, 4) is 0 Å². The summed E-state index contributed by atoms with van der Waals surface area (Å²) in [6.45, 7) is 3.98. The van der Waals surface area contributed by atoms with Gasteiger partial charge in [-0.05, 0) is 19.6 Å². The number of nitrogens with zero attached hydrogens (tertiary/aromatic N) is 2. The summed E-state index contributed by atoms with van der Waals surface area (Å²) in [5, 5.41) is 1.03. The normalized spacial score (nSPS) is 12.2. The average molecular weight is 275 g/mol. The van der Waals surface area contributed by atoms with Gasteiger partial charge in [-0.1, -0.05) is 30.3 Å². The minimum Gasteiger partial charge on any atom is -0.466 e. The molecule has 1 rings (SSSR count). The van der Waals surface area contributed by atoms with Crippen LogP contribution in [0.3, 0.4) is 0 Å². The van der Waals surface area contributed by atoms with Gasteiger partial charge < -0.3 is 4.74 Å². The van der Waals surface area contributed by atoms with Crippen LogP contribution in [0.15, 0.2) is 11.4 Å². The van der Waals surface area contributed by atoms with Crippen LogP contribution in [0.1, 0.15) is 19.4 Å². The highest BCUT2D eigenvalue weighted by Crippen LogP contribution is 2.19. The van der Waals surface area contributed by atoms with Gasteiger partial charge in [0, 0.05) is 11.8 Å². The maximum atomic E-state index is 11.5. The van der Waals surface area contributed by atoms with Crippen molar-refractivity contribution < 1.29 is 9.53 Å². The lowest BCUT2D eigenvalue weighted by atomic mass is 10.0. The number of aromatic nitrogens is 2. The first-order chi connectivity index (χ1) is 8.08. The molecule has 0 aromatic carbocycles. The number of esters is 1. The van der Waals surface area contributed by atoms with E-state index in [1.807, 2.05) is 6.26 Å². The highest BCUT2D eigenvalue weighted by molar-refractivity contribution is 7.98. The van der Waals surface area contributed by atoms with E-state index in [1.165, 1.54) is 11.8 Å². The Kier molecular flexibility index (Phi) is 5.71. The Morgan fingerprint density at radius 3 is 2.88 bits per heavy atom. The number of hydrogen-bond donors (Lipinski definition) is 0. The molecule has 6 heteroatoms. The molecule has 0 aliphatic heterocycles. The summed E-state index contributed by atoms with van der Waals surface area (Å²) < 4.78 is 4.93. The Bertz CT molecular complexity index is 401. The standard InChI is InChI=1S/C11H15ClN2O2S/c1-4-16-10(15)7(2)5-8-6-13-11(17-3)14-9(8)12/h6-7H,4-5H2,1-3H3. The van der Waals surface area contributed by atoms with E-state index < -0.39 is 0 Å². The number of thioether (sulfide) groups is 1. The summed E-state index contributed by atoms with van der Waals surface area (Å²) in [4.78, 5) is 19.7. The van der Waals surface area contributed by atoms with Crippen molar-refractivity contribution >= 4 is 29.3 Å². The quantitative estimate of drug-likeness (QED) is 0.357. The van der Waals surface area contributed by atoms with Gasteiger partial charge in [-0.25, -0.2) is 9.97 Å². The summed E-state index contributed by atoms with van der Waals surface area (Å²) >= 11 is 7.44. The van der Waals surface area contributed by atoms with Crippen LogP contribution >= 0.6 is 23.4 Å². The van der Waals surface area contributed by atoms with Gasteiger partial charge in [-0.15, -0.1) is 0 Å². The fraction of sp³-hybridized carbons (Fsp3) is 0.545. The molecule has 1 heterocycles. The molecule has 1 atom stereocenters. The topological polar surface area (TPSA) is 52.1 Å². The molecular weight excluding hydrogens is 260 g/mol.